The number of hydrogen-bond donors (Lipinski definition) is 1. The smallest absolute Gasteiger partial charge is 0.391 e. The Bertz CT molecular complexity index is 279. The SMILES string of the molecule is Cl.NOc1ncccc1C(F)(F)F. The maximum Gasteiger partial charge on any atom is 0.421 e. The van der Waals surface area contributed by atoms with Crippen LogP contribution >= 0.6 is 12.4 Å². The zero-order chi connectivity index (χ0) is 9.19. The normalized spacial score (nSPS) is 10.5. The van der Waals surface area contributed by atoms with Crippen LogP contribution in [0.2, 0.25) is 0 Å². The predicted octanol–water partition coefficient (Wildman–Crippen LogP) is 1.77. The minimum Gasteiger partial charge on any atom is -0.391 e. The van der Waals surface area contributed by atoms with Gasteiger partial charge in [0.15, 0.2) is 0 Å². The number of nitrogens with zero attached hydrogens (tertiary/aromatic N) is 1. The summed E-state index contributed by atoms with van der Waals surface area (Å²) in [5.74, 6) is 3.96. The van der Waals surface area contributed by atoms with Gasteiger partial charge in [0.25, 0.3) is 0 Å². The fourth-order valence-corrected chi connectivity index (χ4v) is 0.700. The summed E-state index contributed by atoms with van der Waals surface area (Å²) in [6, 6.07) is 2.00. The Morgan fingerprint density at radius 2 is 2.00 bits per heavy atom. The molecule has 1 aromatic rings. The van der Waals surface area contributed by atoms with Crippen LogP contribution in [0, 0.1) is 0 Å². The fraction of sp³-hybridized carbons (Fsp3) is 0.167. The van der Waals surface area contributed by atoms with Crippen molar-refractivity contribution in [2.75, 3.05) is 0 Å². The van der Waals surface area contributed by atoms with Crippen LogP contribution in [0.5, 0.6) is 5.88 Å². The second kappa shape index (κ2) is 4.29. The van der Waals surface area contributed by atoms with Crippen LogP contribution in [-0.2, 0) is 6.18 Å². The largest absolute Gasteiger partial charge is 0.421 e. The van der Waals surface area contributed by atoms with E-state index < -0.39 is 17.6 Å². The number of alkyl halides is 3. The van der Waals surface area contributed by atoms with Gasteiger partial charge in [0.2, 0.25) is 5.88 Å². The van der Waals surface area contributed by atoms with Crippen LogP contribution in [0.3, 0.4) is 0 Å². The molecular formula is C6H6ClF3N2O. The molecule has 1 aromatic heterocycles. The van der Waals surface area contributed by atoms with Gasteiger partial charge in [-0.05, 0) is 12.1 Å². The van der Waals surface area contributed by atoms with Crippen LogP contribution in [0.25, 0.3) is 0 Å². The first kappa shape index (κ1) is 12.0. The summed E-state index contributed by atoms with van der Waals surface area (Å²) < 4.78 is 36.2. The van der Waals surface area contributed by atoms with E-state index in [4.69, 9.17) is 0 Å². The summed E-state index contributed by atoms with van der Waals surface area (Å²) >= 11 is 0. The van der Waals surface area contributed by atoms with Crippen molar-refractivity contribution in [2.24, 2.45) is 5.90 Å². The molecule has 0 amide bonds. The quantitative estimate of drug-likeness (QED) is 0.725. The van der Waals surface area contributed by atoms with Gasteiger partial charge in [-0.2, -0.15) is 19.1 Å². The highest BCUT2D eigenvalue weighted by molar-refractivity contribution is 5.85. The highest BCUT2D eigenvalue weighted by atomic mass is 35.5. The zero-order valence-corrected chi connectivity index (χ0v) is 7.02. The molecule has 0 bridgehead atoms. The highest BCUT2D eigenvalue weighted by Gasteiger charge is 2.34. The Labute approximate surface area is 78.1 Å². The summed E-state index contributed by atoms with van der Waals surface area (Å²) in [7, 11) is 0. The molecule has 0 saturated carbocycles. The highest BCUT2D eigenvalue weighted by Crippen LogP contribution is 2.33. The third-order valence-electron chi connectivity index (χ3n) is 1.19. The lowest BCUT2D eigenvalue weighted by Gasteiger charge is -2.08. The van der Waals surface area contributed by atoms with Crippen LogP contribution in [-0.4, -0.2) is 4.98 Å². The summed E-state index contributed by atoms with van der Waals surface area (Å²) in [4.78, 5) is 7.24. The Hall–Kier alpha value is -1.01. The molecule has 0 unspecified atom stereocenters. The number of rotatable bonds is 1. The lowest BCUT2D eigenvalue weighted by Crippen LogP contribution is -2.12. The monoisotopic (exact) mass is 214 g/mol. The maximum absolute atomic E-state index is 12.1. The molecule has 0 fully saturated rings. The van der Waals surface area contributed by atoms with Gasteiger partial charge in [-0.15, -0.1) is 12.4 Å². The second-order valence-electron chi connectivity index (χ2n) is 1.97. The number of aromatic nitrogens is 1. The molecule has 0 aliphatic rings. The fourth-order valence-electron chi connectivity index (χ4n) is 0.700. The number of hydrogen-bond acceptors (Lipinski definition) is 3. The topological polar surface area (TPSA) is 48.1 Å². The third-order valence-corrected chi connectivity index (χ3v) is 1.19. The van der Waals surface area contributed by atoms with Gasteiger partial charge in [-0.1, -0.05) is 0 Å². The van der Waals surface area contributed by atoms with Gasteiger partial charge in [0, 0.05) is 6.20 Å². The molecule has 0 aromatic carbocycles. The van der Waals surface area contributed by atoms with Crippen molar-refractivity contribution in [1.82, 2.24) is 4.98 Å². The Balaban J connectivity index is 0.00000144. The molecule has 7 heteroatoms. The van der Waals surface area contributed by atoms with E-state index in [0.717, 1.165) is 18.3 Å². The Morgan fingerprint density at radius 1 is 1.38 bits per heavy atom. The van der Waals surface area contributed by atoms with Crippen molar-refractivity contribution in [1.29, 1.82) is 0 Å². The van der Waals surface area contributed by atoms with Crippen molar-refractivity contribution >= 4 is 12.4 Å². The van der Waals surface area contributed by atoms with E-state index in [9.17, 15) is 13.2 Å². The molecule has 2 N–H and O–H groups in total. The average Bonchev–Trinajstić information content (AvgIpc) is 2.03. The first-order chi connectivity index (χ1) is 5.55. The first-order valence-electron chi connectivity index (χ1n) is 2.94. The van der Waals surface area contributed by atoms with E-state index in [1.807, 2.05) is 0 Å². The van der Waals surface area contributed by atoms with E-state index in [-0.39, 0.29) is 12.4 Å². The summed E-state index contributed by atoms with van der Waals surface area (Å²) in [6.07, 6.45) is -3.32. The number of pyridine rings is 1. The standard InChI is InChI=1S/C6H5F3N2O.ClH/c7-6(8,9)4-2-1-3-11-5(4)12-10;/h1-3H,10H2;1H. The molecule has 0 aliphatic carbocycles. The summed E-state index contributed by atoms with van der Waals surface area (Å²) in [6.45, 7) is 0. The van der Waals surface area contributed by atoms with Crippen molar-refractivity contribution in [2.45, 2.75) is 6.18 Å². The molecule has 0 spiro atoms. The van der Waals surface area contributed by atoms with Gasteiger partial charge < -0.3 is 4.84 Å². The maximum atomic E-state index is 12.1. The molecule has 74 valence electrons. The summed E-state index contributed by atoms with van der Waals surface area (Å²) in [5.41, 5.74) is -0.979. The molecule has 0 aliphatic heterocycles. The lowest BCUT2D eigenvalue weighted by molar-refractivity contribution is -0.139. The molecule has 3 nitrogen and oxygen atoms in total. The molecule has 1 heterocycles. The van der Waals surface area contributed by atoms with E-state index in [0.29, 0.717) is 0 Å². The molecule has 1 rings (SSSR count). The van der Waals surface area contributed by atoms with E-state index in [1.54, 1.807) is 0 Å². The molecule has 0 atom stereocenters. The van der Waals surface area contributed by atoms with Crippen LogP contribution in [0.1, 0.15) is 5.56 Å². The van der Waals surface area contributed by atoms with Crippen molar-refractivity contribution in [3.8, 4) is 5.88 Å². The van der Waals surface area contributed by atoms with Gasteiger partial charge in [0.05, 0.1) is 0 Å². The van der Waals surface area contributed by atoms with E-state index in [2.05, 4.69) is 15.7 Å². The van der Waals surface area contributed by atoms with Gasteiger partial charge in [0.1, 0.15) is 5.56 Å². The number of nitrogens with two attached hydrogens (primary N) is 1. The predicted molar refractivity (Wildman–Crippen MR) is 41.3 cm³/mol. The second-order valence-corrected chi connectivity index (χ2v) is 1.97. The van der Waals surface area contributed by atoms with Gasteiger partial charge in [-0.3, -0.25) is 0 Å². The van der Waals surface area contributed by atoms with Crippen LogP contribution in [0.15, 0.2) is 18.3 Å². The number of halogens is 4. The minimum atomic E-state index is -4.48. The van der Waals surface area contributed by atoms with Crippen molar-refractivity contribution < 1.29 is 18.0 Å². The van der Waals surface area contributed by atoms with E-state index in [1.165, 1.54) is 0 Å². The van der Waals surface area contributed by atoms with Gasteiger partial charge in [-0.25, -0.2) is 4.98 Å². The van der Waals surface area contributed by atoms with Crippen molar-refractivity contribution in [3.63, 3.8) is 0 Å². The zero-order valence-electron chi connectivity index (χ0n) is 6.21. The van der Waals surface area contributed by atoms with Gasteiger partial charge >= 0.3 is 6.18 Å². The molecule has 13 heavy (non-hydrogen) atoms. The van der Waals surface area contributed by atoms with Crippen molar-refractivity contribution in [3.05, 3.63) is 23.9 Å². The molecule has 0 saturated heterocycles. The average molecular weight is 215 g/mol. The molecule has 0 radical (unpaired) electrons. The van der Waals surface area contributed by atoms with Crippen LogP contribution in [0.4, 0.5) is 13.2 Å². The Morgan fingerprint density at radius 3 is 2.38 bits per heavy atom. The van der Waals surface area contributed by atoms with E-state index >= 15 is 0 Å². The lowest BCUT2D eigenvalue weighted by atomic mass is 10.3. The molecular weight excluding hydrogens is 209 g/mol. The first-order valence-corrected chi connectivity index (χ1v) is 2.94. The summed E-state index contributed by atoms with van der Waals surface area (Å²) in [5, 5.41) is 0. The Kier molecular flexibility index (Phi) is 3.96. The van der Waals surface area contributed by atoms with Crippen LogP contribution < -0.4 is 10.7 Å². The minimum absolute atomic E-state index is 0. The third kappa shape index (κ3) is 2.74.